The summed E-state index contributed by atoms with van der Waals surface area (Å²) in [6.07, 6.45) is 4.28. The molecule has 2 rings (SSSR count). The second kappa shape index (κ2) is 6.54. The van der Waals surface area contributed by atoms with Gasteiger partial charge in [-0.15, -0.1) is 0 Å². The highest BCUT2D eigenvalue weighted by molar-refractivity contribution is 7.99. The van der Waals surface area contributed by atoms with Gasteiger partial charge in [-0.25, -0.2) is 4.98 Å². The van der Waals surface area contributed by atoms with Crippen LogP contribution in [-0.4, -0.2) is 14.7 Å². The molecule has 0 aliphatic carbocycles. The predicted octanol–water partition coefficient (Wildman–Crippen LogP) is 2.30. The summed E-state index contributed by atoms with van der Waals surface area (Å²) in [5.74, 6) is 0. The van der Waals surface area contributed by atoms with Gasteiger partial charge in [-0.3, -0.25) is 4.79 Å². The van der Waals surface area contributed by atoms with Gasteiger partial charge in [0.15, 0.2) is 5.03 Å². The third-order valence-electron chi connectivity index (χ3n) is 2.67. The minimum absolute atomic E-state index is 0.0256. The number of hydrogen-bond donors (Lipinski definition) is 1. The summed E-state index contributed by atoms with van der Waals surface area (Å²) < 4.78 is 1.68. The van der Waals surface area contributed by atoms with E-state index in [4.69, 9.17) is 5.11 Å². The molecule has 100 valence electrons. The number of hydrogen-bond acceptors (Lipinski definition) is 4. The lowest BCUT2D eigenvalue weighted by molar-refractivity contribution is 0.282. The van der Waals surface area contributed by atoms with Crippen LogP contribution in [0.5, 0.6) is 0 Å². The molecule has 0 spiro atoms. The maximum absolute atomic E-state index is 12.1. The van der Waals surface area contributed by atoms with Gasteiger partial charge < -0.3 is 9.67 Å². The zero-order valence-electron chi connectivity index (χ0n) is 10.7. The molecule has 0 saturated heterocycles. The maximum atomic E-state index is 12.1. The van der Waals surface area contributed by atoms with E-state index < -0.39 is 0 Å². The molecule has 0 aliphatic rings. The molecule has 4 nitrogen and oxygen atoms in total. The van der Waals surface area contributed by atoms with Crippen molar-refractivity contribution in [3.8, 4) is 0 Å². The van der Waals surface area contributed by atoms with Crippen molar-refractivity contribution >= 4 is 11.8 Å². The van der Waals surface area contributed by atoms with Crippen molar-refractivity contribution in [2.24, 2.45) is 0 Å². The van der Waals surface area contributed by atoms with Crippen LogP contribution in [0.25, 0.3) is 0 Å². The zero-order chi connectivity index (χ0) is 13.7. The molecule has 0 radical (unpaired) electrons. The highest BCUT2D eigenvalue weighted by Crippen LogP contribution is 2.23. The fourth-order valence-corrected chi connectivity index (χ4v) is 2.50. The average Bonchev–Trinajstić information content (AvgIpc) is 2.44. The molecule has 0 fully saturated rings. The summed E-state index contributed by atoms with van der Waals surface area (Å²) >= 11 is 1.35. The number of aliphatic hydroxyl groups is 1. The van der Waals surface area contributed by atoms with Crippen LogP contribution in [0.1, 0.15) is 18.9 Å². The Balaban J connectivity index is 2.22. The first-order valence-corrected chi connectivity index (χ1v) is 6.99. The second-order valence-electron chi connectivity index (χ2n) is 4.14. The Kier molecular flexibility index (Phi) is 4.76. The van der Waals surface area contributed by atoms with Gasteiger partial charge in [-0.2, -0.15) is 0 Å². The van der Waals surface area contributed by atoms with Gasteiger partial charge in [-0.1, -0.05) is 30.8 Å². The van der Waals surface area contributed by atoms with E-state index in [-0.39, 0.29) is 12.2 Å². The first-order chi connectivity index (χ1) is 9.24. The van der Waals surface area contributed by atoms with E-state index in [0.29, 0.717) is 11.6 Å². The minimum atomic E-state index is -0.0550. The lowest BCUT2D eigenvalue weighted by Gasteiger charge is -2.06. The van der Waals surface area contributed by atoms with Gasteiger partial charge in [0, 0.05) is 23.8 Å². The van der Waals surface area contributed by atoms with E-state index in [2.05, 4.69) is 4.98 Å². The zero-order valence-corrected chi connectivity index (χ0v) is 11.6. The molecule has 0 aliphatic heterocycles. The van der Waals surface area contributed by atoms with Crippen LogP contribution in [-0.2, 0) is 13.2 Å². The molecule has 0 atom stereocenters. The summed E-state index contributed by atoms with van der Waals surface area (Å²) in [6, 6.07) is 7.45. The molecular weight excluding hydrogens is 260 g/mol. The summed E-state index contributed by atoms with van der Waals surface area (Å²) in [6.45, 7) is 2.77. The lowest BCUT2D eigenvalue weighted by atomic mass is 10.2. The van der Waals surface area contributed by atoms with Gasteiger partial charge >= 0.3 is 0 Å². The molecule has 1 aromatic heterocycles. The van der Waals surface area contributed by atoms with Crippen molar-refractivity contribution in [3.05, 3.63) is 52.6 Å². The van der Waals surface area contributed by atoms with Crippen LogP contribution >= 0.6 is 11.8 Å². The molecule has 5 heteroatoms. The molecule has 2 aromatic rings. The highest BCUT2D eigenvalue weighted by Gasteiger charge is 2.06. The van der Waals surface area contributed by atoms with Gasteiger partial charge in [0.05, 0.1) is 6.61 Å². The number of nitrogens with zero attached hydrogens (tertiary/aromatic N) is 2. The maximum Gasteiger partial charge on any atom is 0.283 e. The molecule has 0 bridgehead atoms. The molecule has 1 N–H and O–H groups in total. The fourth-order valence-electron chi connectivity index (χ4n) is 1.69. The number of rotatable bonds is 5. The smallest absolute Gasteiger partial charge is 0.283 e. The SMILES string of the molecule is CCCn1ccnc(Sc2ccc(CO)cc2)c1=O. The topological polar surface area (TPSA) is 55.1 Å². The highest BCUT2D eigenvalue weighted by atomic mass is 32.2. The first-order valence-electron chi connectivity index (χ1n) is 6.17. The fraction of sp³-hybridized carbons (Fsp3) is 0.286. The summed E-state index contributed by atoms with van der Waals surface area (Å²) in [7, 11) is 0. The Morgan fingerprint density at radius 2 is 2.05 bits per heavy atom. The largest absolute Gasteiger partial charge is 0.392 e. The van der Waals surface area contributed by atoms with Gasteiger partial charge in [0.25, 0.3) is 5.56 Å². The van der Waals surface area contributed by atoms with E-state index in [1.54, 1.807) is 17.0 Å². The summed E-state index contributed by atoms with van der Waals surface area (Å²) in [5, 5.41) is 9.46. The van der Waals surface area contributed by atoms with Gasteiger partial charge in [0.2, 0.25) is 0 Å². The van der Waals surface area contributed by atoms with Crippen LogP contribution in [0.4, 0.5) is 0 Å². The Morgan fingerprint density at radius 3 is 2.68 bits per heavy atom. The number of aryl methyl sites for hydroxylation is 1. The third-order valence-corrected chi connectivity index (χ3v) is 3.65. The van der Waals surface area contributed by atoms with Crippen molar-refractivity contribution in [2.75, 3.05) is 0 Å². The Labute approximate surface area is 116 Å². The van der Waals surface area contributed by atoms with E-state index in [1.165, 1.54) is 11.8 Å². The third kappa shape index (κ3) is 3.45. The van der Waals surface area contributed by atoms with Crippen molar-refractivity contribution in [1.29, 1.82) is 0 Å². The average molecular weight is 276 g/mol. The van der Waals surface area contributed by atoms with E-state index in [1.807, 2.05) is 31.2 Å². The number of benzene rings is 1. The van der Waals surface area contributed by atoms with E-state index in [9.17, 15) is 4.79 Å². The van der Waals surface area contributed by atoms with Crippen LogP contribution < -0.4 is 5.56 Å². The van der Waals surface area contributed by atoms with Crippen LogP contribution in [0.2, 0.25) is 0 Å². The molecule has 1 heterocycles. The number of aromatic nitrogens is 2. The molecule has 0 unspecified atom stereocenters. The Bertz CT molecular complexity index is 593. The monoisotopic (exact) mass is 276 g/mol. The van der Waals surface area contributed by atoms with Crippen molar-refractivity contribution in [3.63, 3.8) is 0 Å². The standard InChI is InChI=1S/C14H16N2O2S/c1-2-8-16-9-7-15-13(14(16)18)19-12-5-3-11(10-17)4-6-12/h3-7,9,17H,2,8,10H2,1H3. The Hall–Kier alpha value is -1.59. The quantitative estimate of drug-likeness (QED) is 0.910. The molecular formula is C14H16N2O2S. The summed E-state index contributed by atoms with van der Waals surface area (Å²) in [5.41, 5.74) is 0.800. The van der Waals surface area contributed by atoms with E-state index in [0.717, 1.165) is 16.9 Å². The van der Waals surface area contributed by atoms with Crippen molar-refractivity contribution in [2.45, 2.75) is 36.4 Å². The molecule has 0 saturated carbocycles. The molecule has 0 amide bonds. The molecule has 1 aromatic carbocycles. The van der Waals surface area contributed by atoms with Crippen LogP contribution in [0.15, 0.2) is 51.4 Å². The Morgan fingerprint density at radius 1 is 1.32 bits per heavy atom. The normalized spacial score (nSPS) is 10.6. The summed E-state index contributed by atoms with van der Waals surface area (Å²) in [4.78, 5) is 17.2. The predicted molar refractivity (Wildman–Crippen MR) is 75.3 cm³/mol. The van der Waals surface area contributed by atoms with Gasteiger partial charge in [0.1, 0.15) is 0 Å². The first kappa shape index (κ1) is 13.8. The minimum Gasteiger partial charge on any atom is -0.392 e. The van der Waals surface area contributed by atoms with Crippen molar-refractivity contribution < 1.29 is 5.11 Å². The second-order valence-corrected chi connectivity index (χ2v) is 5.20. The molecule has 19 heavy (non-hydrogen) atoms. The number of aliphatic hydroxyl groups excluding tert-OH is 1. The lowest BCUT2D eigenvalue weighted by Crippen LogP contribution is -2.21. The van der Waals surface area contributed by atoms with E-state index >= 15 is 0 Å². The van der Waals surface area contributed by atoms with Crippen molar-refractivity contribution in [1.82, 2.24) is 9.55 Å². The van der Waals surface area contributed by atoms with Crippen LogP contribution in [0.3, 0.4) is 0 Å². The van der Waals surface area contributed by atoms with Gasteiger partial charge in [-0.05, 0) is 24.1 Å². The van der Waals surface area contributed by atoms with Crippen LogP contribution in [0, 0.1) is 0 Å².